The number of amides is 2. The summed E-state index contributed by atoms with van der Waals surface area (Å²) in [6, 6.07) is 17.5. The molecule has 1 aliphatic heterocycles. The molecule has 1 fully saturated rings. The Labute approximate surface area is 290 Å². The van der Waals surface area contributed by atoms with Gasteiger partial charge in [-0.25, -0.2) is 4.98 Å². The molecule has 0 saturated carbocycles. The van der Waals surface area contributed by atoms with Crippen LogP contribution >= 0.6 is 8.25 Å². The topological polar surface area (TPSA) is 205 Å². The van der Waals surface area contributed by atoms with Gasteiger partial charge in [0.15, 0.2) is 50.8 Å². The monoisotopic (exact) mass is 727 g/mol. The Balaban J connectivity index is 1.51. The summed E-state index contributed by atoms with van der Waals surface area (Å²) in [5, 5.41) is 15.2. The van der Waals surface area contributed by atoms with Crippen molar-refractivity contribution in [1.82, 2.24) is 19.5 Å². The van der Waals surface area contributed by atoms with Gasteiger partial charge in [0.1, 0.15) is 23.7 Å². The fourth-order valence-corrected chi connectivity index (χ4v) is 6.61. The van der Waals surface area contributed by atoms with Gasteiger partial charge in [-0.1, -0.05) is 57.2 Å². The van der Waals surface area contributed by atoms with E-state index in [9.17, 15) is 24.2 Å². The molecule has 2 amide bonds. The normalized spacial score (nSPS) is 19.6. The molecule has 50 heavy (non-hydrogen) atoms. The quantitative estimate of drug-likeness (QED) is 0.106. The number of carbonyl (C=O) groups is 2. The van der Waals surface area contributed by atoms with Crippen molar-refractivity contribution in [2.75, 3.05) is 30.5 Å². The lowest BCUT2D eigenvalue weighted by Crippen LogP contribution is -2.49. The highest BCUT2D eigenvalue weighted by molar-refractivity contribution is 7.32. The minimum Gasteiger partial charge on any atom is -0.484 e. The molecule has 18 heteroatoms. The molecule has 2 aromatic heterocycles. The number of anilines is 2. The second-order valence-electron chi connectivity index (χ2n) is 12.9. The first-order valence-electron chi connectivity index (χ1n) is 15.7. The van der Waals surface area contributed by atoms with Crippen LogP contribution in [0.25, 0.3) is 11.2 Å². The van der Waals surface area contributed by atoms with Crippen LogP contribution in [0.15, 0.2) is 67.0 Å². The summed E-state index contributed by atoms with van der Waals surface area (Å²) < 4.78 is 42.8. The van der Waals surface area contributed by atoms with Crippen molar-refractivity contribution in [3.63, 3.8) is 0 Å². The lowest BCUT2D eigenvalue weighted by Gasteiger charge is -2.40. The van der Waals surface area contributed by atoms with E-state index in [1.807, 2.05) is 46.0 Å². The zero-order chi connectivity index (χ0) is 36.1. The molecule has 4 N–H and O–H groups in total. The van der Waals surface area contributed by atoms with Crippen molar-refractivity contribution in [1.29, 1.82) is 0 Å². The van der Waals surface area contributed by atoms with Crippen LogP contribution in [0.5, 0.6) is 11.5 Å². The minimum absolute atomic E-state index is 0.0421. The molecule has 16 nitrogen and oxygen atoms in total. The SMILES string of the molecule is CC(C)(C)[Si](C)(C)O[C@@H]1[C@H](O[P+](=O)O)[C@@H](CO)O[C@H]1n1cnc2c(NC(=O)COc3ccccc3)nc(NC(=O)COc3ccccc3)nc21. The van der Waals surface area contributed by atoms with Crippen molar-refractivity contribution in [3.8, 4) is 11.5 Å². The number of nitrogens with one attached hydrogen (secondary N) is 2. The van der Waals surface area contributed by atoms with E-state index in [4.69, 9.17) is 23.2 Å². The fourth-order valence-electron chi connectivity index (χ4n) is 4.86. The number of hydrogen-bond donors (Lipinski definition) is 4. The highest BCUT2D eigenvalue weighted by Crippen LogP contribution is 2.44. The molecule has 2 aromatic carbocycles. The summed E-state index contributed by atoms with van der Waals surface area (Å²) in [5.74, 6) is -0.415. The molecule has 5 atom stereocenters. The van der Waals surface area contributed by atoms with E-state index in [0.717, 1.165) is 0 Å². The third kappa shape index (κ3) is 8.86. The summed E-state index contributed by atoms with van der Waals surface area (Å²) in [4.78, 5) is 49.1. The van der Waals surface area contributed by atoms with E-state index in [1.54, 1.807) is 48.5 Å². The number of nitrogens with zero attached hydrogens (tertiary/aromatic N) is 4. The number of carbonyl (C=O) groups excluding carboxylic acids is 2. The molecule has 0 bridgehead atoms. The number of benzene rings is 2. The highest BCUT2D eigenvalue weighted by Gasteiger charge is 2.54. The maximum Gasteiger partial charge on any atom is 0.695 e. The molecule has 1 unspecified atom stereocenters. The Morgan fingerprint density at radius 3 is 2.06 bits per heavy atom. The number of fused-ring (bicyclic) bond motifs is 1. The van der Waals surface area contributed by atoms with Gasteiger partial charge in [-0.05, 0) is 42.4 Å². The number of aliphatic hydroxyl groups is 1. The lowest BCUT2D eigenvalue weighted by atomic mass is 10.1. The van der Waals surface area contributed by atoms with E-state index in [1.165, 1.54) is 10.9 Å². The lowest BCUT2D eigenvalue weighted by molar-refractivity contribution is -0.118. The zero-order valence-electron chi connectivity index (χ0n) is 28.2. The highest BCUT2D eigenvalue weighted by atomic mass is 31.1. The van der Waals surface area contributed by atoms with E-state index < -0.39 is 59.5 Å². The van der Waals surface area contributed by atoms with Crippen molar-refractivity contribution in [3.05, 3.63) is 67.0 Å². The van der Waals surface area contributed by atoms with Crippen molar-refractivity contribution >= 4 is 51.3 Å². The maximum atomic E-state index is 13.0. The third-order valence-corrected chi connectivity index (χ3v) is 13.2. The molecule has 3 heterocycles. The van der Waals surface area contributed by atoms with Gasteiger partial charge in [0.05, 0.1) is 12.9 Å². The molecule has 0 aliphatic carbocycles. The van der Waals surface area contributed by atoms with Crippen LogP contribution in [0.1, 0.15) is 27.0 Å². The van der Waals surface area contributed by atoms with E-state index >= 15 is 0 Å². The van der Waals surface area contributed by atoms with Gasteiger partial charge in [0.2, 0.25) is 5.95 Å². The Bertz CT molecular complexity index is 1810. The second-order valence-corrected chi connectivity index (χ2v) is 18.4. The van der Waals surface area contributed by atoms with Crippen molar-refractivity contribution < 1.29 is 47.3 Å². The number of aliphatic hydroxyl groups excluding tert-OH is 1. The van der Waals surface area contributed by atoms with Gasteiger partial charge in [0.25, 0.3) is 11.8 Å². The summed E-state index contributed by atoms with van der Waals surface area (Å²) >= 11 is 0. The molecule has 5 rings (SSSR count). The van der Waals surface area contributed by atoms with Gasteiger partial charge < -0.3 is 29.1 Å². The molecule has 0 radical (unpaired) electrons. The summed E-state index contributed by atoms with van der Waals surface area (Å²) in [6.07, 6.45) is -2.89. The molecular weight excluding hydrogens is 687 g/mol. The van der Waals surface area contributed by atoms with Gasteiger partial charge in [-0.3, -0.25) is 19.5 Å². The predicted octanol–water partition coefficient (Wildman–Crippen LogP) is 4.18. The zero-order valence-corrected chi connectivity index (χ0v) is 30.1. The standard InChI is InChI=1S/C32H39N6O10PSi/c1-32(2,3)50(4,5)48-27-26(47-49(42)43)22(16-39)46-30(27)38-19-33-25-28(34-23(40)17-44-20-12-8-6-9-13-20)36-31(37-29(25)38)35-24(41)18-45-21-14-10-7-11-15-21/h6-15,19,22,26-27,30,39H,16-18H2,1-5H3,(H2-,34,35,36,37,40,41,42,43)/p+1/t22-,26-,27-,30-/m1/s1. The van der Waals surface area contributed by atoms with Crippen LogP contribution in [0, 0.1) is 0 Å². The summed E-state index contributed by atoms with van der Waals surface area (Å²) in [7, 11) is -5.69. The Hall–Kier alpha value is -4.35. The largest absolute Gasteiger partial charge is 0.695 e. The number of aromatic nitrogens is 4. The molecule has 0 spiro atoms. The molecule has 266 valence electrons. The molecule has 4 aromatic rings. The Morgan fingerprint density at radius 1 is 0.940 bits per heavy atom. The smallest absolute Gasteiger partial charge is 0.484 e. The predicted molar refractivity (Wildman–Crippen MR) is 184 cm³/mol. The van der Waals surface area contributed by atoms with Crippen molar-refractivity contribution in [2.45, 2.75) is 63.4 Å². The van der Waals surface area contributed by atoms with Gasteiger partial charge in [0, 0.05) is 4.57 Å². The average Bonchev–Trinajstić information content (AvgIpc) is 3.63. The minimum atomic E-state index is -3.10. The van der Waals surface area contributed by atoms with E-state index in [0.29, 0.717) is 11.5 Å². The van der Waals surface area contributed by atoms with Gasteiger partial charge in [-0.2, -0.15) is 9.97 Å². The maximum absolute atomic E-state index is 13.0. The average molecular weight is 728 g/mol. The first-order chi connectivity index (χ1) is 23.8. The number of imidazole rings is 1. The summed E-state index contributed by atoms with van der Waals surface area (Å²) in [6.45, 7) is 8.83. The van der Waals surface area contributed by atoms with E-state index in [2.05, 4.69) is 25.6 Å². The first kappa shape index (κ1) is 36.9. The Morgan fingerprint density at radius 2 is 1.52 bits per heavy atom. The number of hydrogen-bond acceptors (Lipinski definition) is 12. The van der Waals surface area contributed by atoms with Crippen LogP contribution < -0.4 is 20.1 Å². The fraction of sp³-hybridized carbons (Fsp3) is 0.406. The number of rotatable bonds is 14. The van der Waals surface area contributed by atoms with Crippen LogP contribution in [0.3, 0.4) is 0 Å². The van der Waals surface area contributed by atoms with E-state index in [-0.39, 0.29) is 41.2 Å². The third-order valence-electron chi connectivity index (χ3n) is 8.35. The number of para-hydroxylation sites is 2. The van der Waals surface area contributed by atoms with Crippen LogP contribution in [0.4, 0.5) is 11.8 Å². The van der Waals surface area contributed by atoms with Gasteiger partial charge >= 0.3 is 8.25 Å². The van der Waals surface area contributed by atoms with Crippen molar-refractivity contribution in [2.24, 2.45) is 0 Å². The second kappa shape index (κ2) is 15.7. The van der Waals surface area contributed by atoms with Crippen LogP contribution in [-0.4, -0.2) is 87.8 Å². The molecule has 1 aliphatic rings. The van der Waals surface area contributed by atoms with Crippen LogP contribution in [-0.2, 0) is 27.8 Å². The Kier molecular flexibility index (Phi) is 11.6. The summed E-state index contributed by atoms with van der Waals surface area (Å²) in [5.41, 5.74) is 0.238. The molecule has 1 saturated heterocycles. The number of ether oxygens (including phenoxy) is 3. The first-order valence-corrected chi connectivity index (χ1v) is 19.8. The molecular formula is C32H40N6O10PSi+. The van der Waals surface area contributed by atoms with Gasteiger partial charge in [-0.15, -0.1) is 9.42 Å². The van der Waals surface area contributed by atoms with Crippen LogP contribution in [0.2, 0.25) is 18.1 Å².